The van der Waals surface area contributed by atoms with Crippen molar-refractivity contribution in [3.63, 3.8) is 0 Å². The number of benzene rings is 1. The first-order valence-electron chi connectivity index (χ1n) is 10.4. The Hall–Kier alpha value is -1.16. The van der Waals surface area contributed by atoms with Crippen LogP contribution in [0.3, 0.4) is 0 Å². The molecule has 0 unspecified atom stereocenters. The minimum absolute atomic E-state index is 0.277. The number of aliphatic hydroxyl groups is 1. The quantitative estimate of drug-likeness (QED) is 0.430. The normalized spacial score (nSPS) is 18.2. The van der Waals surface area contributed by atoms with E-state index in [1.165, 1.54) is 29.5 Å². The van der Waals surface area contributed by atoms with Crippen LogP contribution in [0.4, 0.5) is 0 Å². The van der Waals surface area contributed by atoms with Gasteiger partial charge in [-0.15, -0.1) is 0 Å². The highest BCUT2D eigenvalue weighted by molar-refractivity contribution is 5.36. The van der Waals surface area contributed by atoms with Crippen LogP contribution in [0.5, 0.6) is 0 Å². The van der Waals surface area contributed by atoms with Crippen molar-refractivity contribution >= 4 is 0 Å². The number of ether oxygens (including phenoxy) is 1. The summed E-state index contributed by atoms with van der Waals surface area (Å²) >= 11 is 0. The summed E-state index contributed by atoms with van der Waals surface area (Å²) in [6.07, 6.45) is 13.2. The lowest BCUT2D eigenvalue weighted by Crippen LogP contribution is -2.20. The summed E-state index contributed by atoms with van der Waals surface area (Å²) in [7, 11) is 0. The number of nitrogens with two attached hydrogens (primary N) is 1. The Bertz CT molecular complexity index is 541. The van der Waals surface area contributed by atoms with E-state index in [-0.39, 0.29) is 6.61 Å². The number of unbranched alkanes of at least 4 members (excludes halogenated alkanes) is 2. The zero-order valence-corrected chi connectivity index (χ0v) is 16.5. The highest BCUT2D eigenvalue weighted by atomic mass is 16.5. The second-order valence-electron chi connectivity index (χ2n) is 7.59. The molecule has 0 aliphatic heterocycles. The molecule has 0 saturated carbocycles. The van der Waals surface area contributed by atoms with E-state index < -0.39 is 0 Å². The van der Waals surface area contributed by atoms with Crippen LogP contribution in [0.1, 0.15) is 68.1 Å². The molecule has 0 saturated heterocycles. The van der Waals surface area contributed by atoms with Gasteiger partial charge < -0.3 is 15.6 Å². The standard InChI is InChI=1S/C23H37NO2/c1-2-3-4-7-14-26-18-19-9-10-21-16-22(12-11-20(21)15-19)23(17-24)8-5-6-13-25/h4,7,11-12,16,19,23,25H,2-3,5-6,8-10,13-15,17-18,24H2,1H3/b7-4+/t19-,23+/m1/s1. The number of aliphatic hydroxyl groups excluding tert-OH is 1. The third-order valence-corrected chi connectivity index (χ3v) is 5.47. The highest BCUT2D eigenvalue weighted by Gasteiger charge is 2.20. The number of fused-ring (bicyclic) bond motifs is 1. The molecule has 0 amide bonds. The smallest absolute Gasteiger partial charge is 0.0647 e. The van der Waals surface area contributed by atoms with Crippen LogP contribution < -0.4 is 5.73 Å². The Morgan fingerprint density at radius 2 is 2.15 bits per heavy atom. The van der Waals surface area contributed by atoms with Gasteiger partial charge in [0.2, 0.25) is 0 Å². The molecule has 2 atom stereocenters. The summed E-state index contributed by atoms with van der Waals surface area (Å²) < 4.78 is 5.85. The molecule has 1 aromatic carbocycles. The molecule has 3 N–H and O–H groups in total. The van der Waals surface area contributed by atoms with E-state index in [1.807, 2.05) is 0 Å². The van der Waals surface area contributed by atoms with Gasteiger partial charge in [0.05, 0.1) is 13.2 Å². The Balaban J connectivity index is 1.84. The van der Waals surface area contributed by atoms with Crippen molar-refractivity contribution in [3.8, 4) is 0 Å². The fraction of sp³-hybridized carbons (Fsp3) is 0.652. The van der Waals surface area contributed by atoms with Crippen molar-refractivity contribution < 1.29 is 9.84 Å². The lowest BCUT2D eigenvalue weighted by molar-refractivity contribution is 0.116. The van der Waals surface area contributed by atoms with Gasteiger partial charge in [-0.1, -0.05) is 50.1 Å². The minimum Gasteiger partial charge on any atom is -0.396 e. The Kier molecular flexibility index (Phi) is 9.98. The molecule has 0 aromatic heterocycles. The van der Waals surface area contributed by atoms with Crippen molar-refractivity contribution in [2.75, 3.05) is 26.4 Å². The van der Waals surface area contributed by atoms with E-state index in [1.54, 1.807) is 0 Å². The van der Waals surface area contributed by atoms with Crippen LogP contribution in [0.25, 0.3) is 0 Å². The van der Waals surface area contributed by atoms with Crippen molar-refractivity contribution in [1.29, 1.82) is 0 Å². The van der Waals surface area contributed by atoms with Gasteiger partial charge in [-0.2, -0.15) is 0 Å². The maximum absolute atomic E-state index is 8.98. The Morgan fingerprint density at radius 3 is 2.92 bits per heavy atom. The van der Waals surface area contributed by atoms with Crippen LogP contribution in [0.2, 0.25) is 0 Å². The molecular formula is C23H37NO2. The SMILES string of the molecule is CCC/C=C/COC[C@@H]1CCc2cc([C@H](CN)CCCCO)ccc2C1. The number of hydrogen-bond acceptors (Lipinski definition) is 3. The van der Waals surface area contributed by atoms with E-state index in [0.717, 1.165) is 51.7 Å². The number of aryl methyl sites for hydroxylation is 1. The molecule has 0 spiro atoms. The average Bonchev–Trinajstić information content (AvgIpc) is 2.67. The molecule has 1 aliphatic rings. The molecule has 3 nitrogen and oxygen atoms in total. The van der Waals surface area contributed by atoms with Gasteiger partial charge in [0.15, 0.2) is 0 Å². The zero-order chi connectivity index (χ0) is 18.6. The van der Waals surface area contributed by atoms with Crippen molar-refractivity contribution in [2.45, 2.75) is 64.2 Å². The molecule has 0 heterocycles. The van der Waals surface area contributed by atoms with Crippen molar-refractivity contribution in [3.05, 3.63) is 47.0 Å². The van der Waals surface area contributed by atoms with Crippen LogP contribution >= 0.6 is 0 Å². The topological polar surface area (TPSA) is 55.5 Å². The van der Waals surface area contributed by atoms with E-state index in [0.29, 0.717) is 18.4 Å². The second kappa shape index (κ2) is 12.3. The molecule has 2 rings (SSSR count). The van der Waals surface area contributed by atoms with Gasteiger partial charge in [0.25, 0.3) is 0 Å². The van der Waals surface area contributed by atoms with Crippen molar-refractivity contribution in [2.24, 2.45) is 11.7 Å². The van der Waals surface area contributed by atoms with Crippen molar-refractivity contribution in [1.82, 2.24) is 0 Å². The fourth-order valence-electron chi connectivity index (χ4n) is 3.83. The van der Waals surface area contributed by atoms with Gasteiger partial charge in [0.1, 0.15) is 0 Å². The van der Waals surface area contributed by atoms with Crippen LogP contribution in [-0.4, -0.2) is 31.5 Å². The molecule has 1 aliphatic carbocycles. The molecule has 0 bridgehead atoms. The van der Waals surface area contributed by atoms with Gasteiger partial charge >= 0.3 is 0 Å². The average molecular weight is 360 g/mol. The van der Waals surface area contributed by atoms with E-state index in [9.17, 15) is 0 Å². The maximum Gasteiger partial charge on any atom is 0.0647 e. The van der Waals surface area contributed by atoms with E-state index in [4.69, 9.17) is 15.6 Å². The lowest BCUT2D eigenvalue weighted by Gasteiger charge is -2.26. The summed E-state index contributed by atoms with van der Waals surface area (Å²) in [5.41, 5.74) is 10.4. The zero-order valence-electron chi connectivity index (χ0n) is 16.5. The van der Waals surface area contributed by atoms with Gasteiger partial charge in [-0.25, -0.2) is 0 Å². The minimum atomic E-state index is 0.277. The molecule has 1 aromatic rings. The molecule has 0 radical (unpaired) electrons. The third kappa shape index (κ3) is 6.86. The monoisotopic (exact) mass is 359 g/mol. The lowest BCUT2D eigenvalue weighted by atomic mass is 9.81. The maximum atomic E-state index is 8.98. The van der Waals surface area contributed by atoms with E-state index >= 15 is 0 Å². The van der Waals surface area contributed by atoms with E-state index in [2.05, 4.69) is 37.3 Å². The first-order valence-corrected chi connectivity index (χ1v) is 10.4. The van der Waals surface area contributed by atoms with Crippen LogP contribution in [-0.2, 0) is 17.6 Å². The summed E-state index contributed by atoms with van der Waals surface area (Å²) in [4.78, 5) is 0. The first kappa shape index (κ1) is 21.1. The molecule has 3 heteroatoms. The Labute approximate surface area is 159 Å². The van der Waals surface area contributed by atoms with Gasteiger partial charge in [-0.3, -0.25) is 0 Å². The molecular weight excluding hydrogens is 322 g/mol. The summed E-state index contributed by atoms with van der Waals surface area (Å²) in [5, 5.41) is 8.98. The number of allylic oxidation sites excluding steroid dienone is 1. The van der Waals surface area contributed by atoms with Gasteiger partial charge in [-0.05, 0) is 73.6 Å². The number of rotatable bonds is 12. The predicted molar refractivity (Wildman–Crippen MR) is 110 cm³/mol. The van der Waals surface area contributed by atoms with Crippen LogP contribution in [0, 0.1) is 5.92 Å². The van der Waals surface area contributed by atoms with Crippen LogP contribution in [0.15, 0.2) is 30.4 Å². The molecule has 26 heavy (non-hydrogen) atoms. The molecule has 146 valence electrons. The first-order chi connectivity index (χ1) is 12.8. The third-order valence-electron chi connectivity index (χ3n) is 5.47. The summed E-state index contributed by atoms with van der Waals surface area (Å²) in [6.45, 7) is 4.77. The fourth-order valence-corrected chi connectivity index (χ4v) is 3.83. The Morgan fingerprint density at radius 1 is 1.27 bits per heavy atom. The predicted octanol–water partition coefficient (Wildman–Crippen LogP) is 4.37. The van der Waals surface area contributed by atoms with Gasteiger partial charge in [0, 0.05) is 6.61 Å². The summed E-state index contributed by atoms with van der Waals surface area (Å²) in [6, 6.07) is 6.97. The number of hydrogen-bond donors (Lipinski definition) is 2. The second-order valence-corrected chi connectivity index (χ2v) is 7.59. The summed E-state index contributed by atoms with van der Waals surface area (Å²) in [5.74, 6) is 1.06. The molecule has 0 fully saturated rings. The largest absolute Gasteiger partial charge is 0.396 e. The highest BCUT2D eigenvalue weighted by Crippen LogP contribution is 2.30.